The van der Waals surface area contributed by atoms with Crippen molar-refractivity contribution in [1.82, 2.24) is 5.32 Å². The minimum Gasteiger partial charge on any atom is -0.306 e. The lowest BCUT2D eigenvalue weighted by atomic mass is 9.94. The quantitative estimate of drug-likeness (QED) is 0.696. The average Bonchev–Trinajstić information content (AvgIpc) is 2.73. The molecule has 1 atom stereocenters. The van der Waals surface area contributed by atoms with E-state index in [1.165, 1.54) is 24.8 Å². The number of rotatable bonds is 5. The van der Waals surface area contributed by atoms with Gasteiger partial charge >= 0.3 is 0 Å². The van der Waals surface area contributed by atoms with Gasteiger partial charge in [-0.05, 0) is 60.6 Å². The Hall–Kier alpha value is -0.670. The molecule has 1 unspecified atom stereocenters. The molecule has 2 rings (SSSR count). The SMILES string of the molecule is CCCNC(C1=CCCCCC1)c1cccc(Br)c1F. The van der Waals surface area contributed by atoms with Crippen LogP contribution in [0.4, 0.5) is 4.39 Å². The molecule has 1 N–H and O–H groups in total. The number of allylic oxidation sites excluding steroid dienone is 1. The summed E-state index contributed by atoms with van der Waals surface area (Å²) >= 11 is 3.30. The Labute approximate surface area is 129 Å². The number of benzene rings is 1. The lowest BCUT2D eigenvalue weighted by Crippen LogP contribution is -2.25. The summed E-state index contributed by atoms with van der Waals surface area (Å²) < 4.78 is 15.0. The van der Waals surface area contributed by atoms with Crippen LogP contribution in [0, 0.1) is 5.82 Å². The molecule has 0 fully saturated rings. The molecule has 0 amide bonds. The molecular formula is C17H23BrFN. The average molecular weight is 340 g/mol. The molecule has 20 heavy (non-hydrogen) atoms. The van der Waals surface area contributed by atoms with E-state index in [0.717, 1.165) is 31.4 Å². The molecule has 0 saturated heterocycles. The van der Waals surface area contributed by atoms with Crippen molar-refractivity contribution >= 4 is 15.9 Å². The van der Waals surface area contributed by atoms with Crippen LogP contribution in [-0.2, 0) is 0 Å². The van der Waals surface area contributed by atoms with E-state index in [1.807, 2.05) is 12.1 Å². The maximum atomic E-state index is 14.4. The van der Waals surface area contributed by atoms with Crippen molar-refractivity contribution in [3.63, 3.8) is 0 Å². The van der Waals surface area contributed by atoms with Crippen molar-refractivity contribution in [3.8, 4) is 0 Å². The minimum absolute atomic E-state index is 0.0190. The number of hydrogen-bond donors (Lipinski definition) is 1. The van der Waals surface area contributed by atoms with Gasteiger partial charge in [0, 0.05) is 5.56 Å². The second kappa shape index (κ2) is 7.94. The van der Waals surface area contributed by atoms with Crippen LogP contribution in [-0.4, -0.2) is 6.54 Å². The molecule has 1 aliphatic carbocycles. The highest BCUT2D eigenvalue weighted by Crippen LogP contribution is 2.32. The summed E-state index contributed by atoms with van der Waals surface area (Å²) in [6.45, 7) is 3.05. The summed E-state index contributed by atoms with van der Waals surface area (Å²) in [5.74, 6) is -0.133. The fourth-order valence-electron chi connectivity index (χ4n) is 2.77. The lowest BCUT2D eigenvalue weighted by Gasteiger charge is -2.23. The smallest absolute Gasteiger partial charge is 0.142 e. The molecule has 1 aromatic carbocycles. The van der Waals surface area contributed by atoms with E-state index in [1.54, 1.807) is 6.07 Å². The van der Waals surface area contributed by atoms with Gasteiger partial charge in [-0.2, -0.15) is 0 Å². The fourth-order valence-corrected chi connectivity index (χ4v) is 3.16. The molecule has 0 bridgehead atoms. The Morgan fingerprint density at radius 3 is 2.95 bits per heavy atom. The van der Waals surface area contributed by atoms with Crippen LogP contribution >= 0.6 is 15.9 Å². The zero-order valence-electron chi connectivity index (χ0n) is 12.1. The Bertz CT molecular complexity index is 470. The Balaban J connectivity index is 2.30. The largest absolute Gasteiger partial charge is 0.306 e. The highest BCUT2D eigenvalue weighted by atomic mass is 79.9. The van der Waals surface area contributed by atoms with Gasteiger partial charge in [0.25, 0.3) is 0 Å². The van der Waals surface area contributed by atoms with Gasteiger partial charge in [-0.1, -0.05) is 37.1 Å². The molecular weight excluding hydrogens is 317 g/mol. The molecule has 1 aromatic rings. The van der Waals surface area contributed by atoms with Gasteiger partial charge in [-0.25, -0.2) is 4.39 Å². The van der Waals surface area contributed by atoms with Gasteiger partial charge in [-0.15, -0.1) is 0 Å². The van der Waals surface area contributed by atoms with Gasteiger partial charge in [0.05, 0.1) is 10.5 Å². The summed E-state index contributed by atoms with van der Waals surface area (Å²) in [5, 5.41) is 3.52. The first-order valence-corrected chi connectivity index (χ1v) is 8.39. The van der Waals surface area contributed by atoms with E-state index in [0.29, 0.717) is 4.47 Å². The third kappa shape index (κ3) is 3.92. The van der Waals surface area contributed by atoms with Crippen molar-refractivity contribution in [2.75, 3.05) is 6.54 Å². The zero-order valence-corrected chi connectivity index (χ0v) is 13.7. The molecule has 1 nitrogen and oxygen atoms in total. The third-order valence-electron chi connectivity index (χ3n) is 3.84. The predicted molar refractivity (Wildman–Crippen MR) is 86.3 cm³/mol. The van der Waals surface area contributed by atoms with Crippen LogP contribution in [0.2, 0.25) is 0 Å². The van der Waals surface area contributed by atoms with Crippen LogP contribution in [0.3, 0.4) is 0 Å². The van der Waals surface area contributed by atoms with Gasteiger partial charge < -0.3 is 5.32 Å². The van der Waals surface area contributed by atoms with Crippen molar-refractivity contribution in [3.05, 3.63) is 45.7 Å². The van der Waals surface area contributed by atoms with Gasteiger partial charge in [0.2, 0.25) is 0 Å². The first-order valence-electron chi connectivity index (χ1n) is 7.60. The van der Waals surface area contributed by atoms with E-state index < -0.39 is 0 Å². The van der Waals surface area contributed by atoms with E-state index in [-0.39, 0.29) is 11.9 Å². The van der Waals surface area contributed by atoms with Crippen LogP contribution in [0.25, 0.3) is 0 Å². The Kier molecular flexibility index (Phi) is 6.24. The zero-order chi connectivity index (χ0) is 14.4. The van der Waals surface area contributed by atoms with Crippen molar-refractivity contribution in [1.29, 1.82) is 0 Å². The topological polar surface area (TPSA) is 12.0 Å². The lowest BCUT2D eigenvalue weighted by molar-refractivity contribution is 0.525. The van der Waals surface area contributed by atoms with Gasteiger partial charge in [0.15, 0.2) is 0 Å². The third-order valence-corrected chi connectivity index (χ3v) is 4.45. The number of hydrogen-bond acceptors (Lipinski definition) is 1. The van der Waals surface area contributed by atoms with Crippen molar-refractivity contribution in [2.24, 2.45) is 0 Å². The van der Waals surface area contributed by atoms with Crippen LogP contribution < -0.4 is 5.32 Å². The van der Waals surface area contributed by atoms with E-state index >= 15 is 0 Å². The number of halogens is 2. The molecule has 0 aliphatic heterocycles. The first kappa shape index (κ1) is 15.7. The Morgan fingerprint density at radius 2 is 2.15 bits per heavy atom. The minimum atomic E-state index is -0.133. The van der Waals surface area contributed by atoms with Crippen LogP contribution in [0.15, 0.2) is 34.3 Å². The highest BCUT2D eigenvalue weighted by Gasteiger charge is 2.21. The van der Waals surface area contributed by atoms with E-state index in [4.69, 9.17) is 0 Å². The molecule has 0 radical (unpaired) electrons. The maximum absolute atomic E-state index is 14.4. The first-order chi connectivity index (χ1) is 9.74. The fraction of sp³-hybridized carbons (Fsp3) is 0.529. The molecule has 0 aromatic heterocycles. The summed E-state index contributed by atoms with van der Waals surface area (Å²) in [4.78, 5) is 0. The second-order valence-corrected chi connectivity index (χ2v) is 6.26. The maximum Gasteiger partial charge on any atom is 0.142 e. The molecule has 110 valence electrons. The summed E-state index contributed by atoms with van der Waals surface area (Å²) in [6.07, 6.45) is 9.32. The summed E-state index contributed by atoms with van der Waals surface area (Å²) in [7, 11) is 0. The van der Waals surface area contributed by atoms with Gasteiger partial charge in [-0.3, -0.25) is 0 Å². The van der Waals surface area contributed by atoms with Crippen molar-refractivity contribution in [2.45, 2.75) is 51.5 Å². The van der Waals surface area contributed by atoms with Gasteiger partial charge in [0.1, 0.15) is 5.82 Å². The Morgan fingerprint density at radius 1 is 1.30 bits per heavy atom. The van der Waals surface area contributed by atoms with Crippen LogP contribution in [0.5, 0.6) is 0 Å². The number of nitrogens with one attached hydrogen (secondary N) is 1. The summed E-state index contributed by atoms with van der Waals surface area (Å²) in [6, 6.07) is 5.60. The predicted octanol–water partition coefficient (Wildman–Crippen LogP) is 5.52. The highest BCUT2D eigenvalue weighted by molar-refractivity contribution is 9.10. The van der Waals surface area contributed by atoms with Crippen molar-refractivity contribution < 1.29 is 4.39 Å². The van der Waals surface area contributed by atoms with E-state index in [9.17, 15) is 4.39 Å². The molecule has 0 spiro atoms. The van der Waals surface area contributed by atoms with Crippen LogP contribution in [0.1, 0.15) is 57.1 Å². The standard InChI is InChI=1S/C17H23BrFN/c1-2-12-20-17(13-8-5-3-4-6-9-13)14-10-7-11-15(18)16(14)19/h7-8,10-11,17,20H,2-6,9,12H2,1H3. The normalized spacial score (nSPS) is 17.4. The molecule has 0 saturated carbocycles. The second-order valence-electron chi connectivity index (χ2n) is 5.41. The molecule has 3 heteroatoms. The van der Waals surface area contributed by atoms with E-state index in [2.05, 4.69) is 34.2 Å². The monoisotopic (exact) mass is 339 g/mol. The molecule has 1 aliphatic rings. The molecule has 0 heterocycles. The summed E-state index contributed by atoms with van der Waals surface area (Å²) in [5.41, 5.74) is 2.12.